The van der Waals surface area contributed by atoms with Crippen LogP contribution in [0.2, 0.25) is 0 Å². The van der Waals surface area contributed by atoms with E-state index in [9.17, 15) is 0 Å². The number of benzene rings is 1. The SMILES string of the molecule is NC(=CC(N)=Nc1ncnc(Nc2ccc(N3CCOCC3)cc2)n1)c1ccco1. The topological polar surface area (TPSA) is 141 Å². The zero-order valence-corrected chi connectivity index (χ0v) is 16.2. The fourth-order valence-electron chi connectivity index (χ4n) is 2.93. The Labute approximate surface area is 173 Å². The minimum atomic E-state index is 0.149. The fourth-order valence-corrected chi connectivity index (χ4v) is 2.93. The summed E-state index contributed by atoms with van der Waals surface area (Å²) >= 11 is 0. The third-order valence-electron chi connectivity index (χ3n) is 4.40. The molecular formula is C20H22N8O2. The monoisotopic (exact) mass is 406 g/mol. The van der Waals surface area contributed by atoms with Crippen LogP contribution in [0.1, 0.15) is 5.76 Å². The Morgan fingerprint density at radius 2 is 1.90 bits per heavy atom. The first-order chi connectivity index (χ1) is 14.7. The molecule has 1 aliphatic heterocycles. The van der Waals surface area contributed by atoms with Crippen LogP contribution in [0.3, 0.4) is 0 Å². The molecule has 4 rings (SSSR count). The zero-order chi connectivity index (χ0) is 20.8. The Kier molecular flexibility index (Phi) is 5.85. The van der Waals surface area contributed by atoms with Crippen LogP contribution in [0, 0.1) is 0 Å². The lowest BCUT2D eigenvalue weighted by molar-refractivity contribution is 0.122. The number of nitrogens with one attached hydrogen (secondary N) is 1. The third-order valence-corrected chi connectivity index (χ3v) is 4.40. The second kappa shape index (κ2) is 9.05. The van der Waals surface area contributed by atoms with Crippen LogP contribution in [0.25, 0.3) is 5.70 Å². The second-order valence-electron chi connectivity index (χ2n) is 6.49. The van der Waals surface area contributed by atoms with Gasteiger partial charge in [0.05, 0.1) is 25.2 Å². The van der Waals surface area contributed by atoms with Gasteiger partial charge in [-0.25, -0.2) is 4.98 Å². The van der Waals surface area contributed by atoms with Gasteiger partial charge in [0.1, 0.15) is 17.9 Å². The average Bonchev–Trinajstić information content (AvgIpc) is 3.30. The fraction of sp³-hybridized carbons (Fsp3) is 0.200. The van der Waals surface area contributed by atoms with E-state index in [1.807, 2.05) is 24.3 Å². The maximum Gasteiger partial charge on any atom is 0.256 e. The van der Waals surface area contributed by atoms with E-state index in [0.717, 1.165) is 37.7 Å². The lowest BCUT2D eigenvalue weighted by atomic mass is 10.2. The van der Waals surface area contributed by atoms with Crippen molar-refractivity contribution < 1.29 is 9.15 Å². The zero-order valence-electron chi connectivity index (χ0n) is 16.2. The number of aromatic nitrogens is 3. The van der Waals surface area contributed by atoms with Crippen molar-refractivity contribution in [1.29, 1.82) is 0 Å². The summed E-state index contributed by atoms with van der Waals surface area (Å²) in [5.41, 5.74) is 14.2. The molecule has 154 valence electrons. The molecule has 10 heteroatoms. The lowest BCUT2D eigenvalue weighted by Crippen LogP contribution is -2.36. The molecule has 1 aromatic carbocycles. The summed E-state index contributed by atoms with van der Waals surface area (Å²) in [6.45, 7) is 3.28. The highest BCUT2D eigenvalue weighted by molar-refractivity contribution is 5.98. The molecule has 1 saturated heterocycles. The minimum Gasteiger partial charge on any atom is -0.463 e. The molecule has 0 aliphatic carbocycles. The van der Waals surface area contributed by atoms with Crippen molar-refractivity contribution in [3.8, 4) is 0 Å². The predicted octanol–water partition coefficient (Wildman–Crippen LogP) is 2.03. The van der Waals surface area contributed by atoms with E-state index in [1.165, 1.54) is 18.7 Å². The molecule has 0 bridgehead atoms. The first-order valence-electron chi connectivity index (χ1n) is 9.41. The van der Waals surface area contributed by atoms with Gasteiger partial charge in [-0.3, -0.25) is 0 Å². The summed E-state index contributed by atoms with van der Waals surface area (Å²) in [5.74, 6) is 1.18. The minimum absolute atomic E-state index is 0.149. The van der Waals surface area contributed by atoms with Gasteiger partial charge in [-0.1, -0.05) is 0 Å². The van der Waals surface area contributed by atoms with Gasteiger partial charge in [0, 0.05) is 30.5 Å². The highest BCUT2D eigenvalue weighted by atomic mass is 16.5. The lowest BCUT2D eigenvalue weighted by Gasteiger charge is -2.28. The number of rotatable bonds is 6. The van der Waals surface area contributed by atoms with Gasteiger partial charge in [-0.15, -0.1) is 0 Å². The third kappa shape index (κ3) is 4.92. The first-order valence-corrected chi connectivity index (χ1v) is 9.41. The molecular weight excluding hydrogens is 384 g/mol. The summed E-state index contributed by atoms with van der Waals surface area (Å²) in [7, 11) is 0. The van der Waals surface area contributed by atoms with Crippen molar-refractivity contribution in [2.24, 2.45) is 16.5 Å². The molecule has 0 radical (unpaired) electrons. The molecule has 0 unspecified atom stereocenters. The number of furan rings is 1. The maximum atomic E-state index is 5.92. The Bertz CT molecular complexity index is 1030. The second-order valence-corrected chi connectivity index (χ2v) is 6.49. The number of hydrogen-bond acceptors (Lipinski definition) is 9. The van der Waals surface area contributed by atoms with Gasteiger partial charge in [0.2, 0.25) is 5.95 Å². The van der Waals surface area contributed by atoms with Crippen molar-refractivity contribution >= 4 is 34.8 Å². The number of amidine groups is 1. The largest absolute Gasteiger partial charge is 0.463 e. The number of aliphatic imine (C=N–C) groups is 1. The predicted molar refractivity (Wildman–Crippen MR) is 115 cm³/mol. The summed E-state index contributed by atoms with van der Waals surface area (Å²) < 4.78 is 10.6. The van der Waals surface area contributed by atoms with Crippen LogP contribution >= 0.6 is 0 Å². The van der Waals surface area contributed by atoms with Crippen LogP contribution in [0.4, 0.5) is 23.3 Å². The van der Waals surface area contributed by atoms with Gasteiger partial charge >= 0.3 is 0 Å². The molecule has 0 atom stereocenters. The Balaban J connectivity index is 1.43. The molecule has 1 fully saturated rings. The van der Waals surface area contributed by atoms with Gasteiger partial charge < -0.3 is 30.8 Å². The normalized spacial score (nSPS) is 15.3. The maximum absolute atomic E-state index is 5.92. The summed E-state index contributed by atoms with van der Waals surface area (Å²) in [4.78, 5) is 18.9. The Hall–Kier alpha value is -3.92. The molecule has 1 aliphatic rings. The summed E-state index contributed by atoms with van der Waals surface area (Å²) in [6.07, 6.45) is 4.38. The molecule has 0 amide bonds. The molecule has 10 nitrogen and oxygen atoms in total. The van der Waals surface area contributed by atoms with Gasteiger partial charge in [-0.05, 0) is 36.4 Å². The van der Waals surface area contributed by atoms with E-state index in [2.05, 4.69) is 30.2 Å². The van der Waals surface area contributed by atoms with Crippen LogP contribution in [0.15, 0.2) is 64.5 Å². The highest BCUT2D eigenvalue weighted by Crippen LogP contribution is 2.21. The molecule has 0 spiro atoms. The average molecular weight is 406 g/mol. The smallest absolute Gasteiger partial charge is 0.256 e. The van der Waals surface area contributed by atoms with Crippen molar-refractivity contribution in [2.45, 2.75) is 0 Å². The van der Waals surface area contributed by atoms with E-state index in [1.54, 1.807) is 12.1 Å². The molecule has 5 N–H and O–H groups in total. The van der Waals surface area contributed by atoms with Crippen molar-refractivity contribution in [3.63, 3.8) is 0 Å². The summed E-state index contributed by atoms with van der Waals surface area (Å²) in [5, 5.41) is 3.14. The standard InChI is InChI=1S/C20H22N8O2/c21-16(17-2-1-9-30-17)12-18(22)26-20-24-13-23-19(27-20)25-14-3-5-15(6-4-14)28-7-10-29-11-8-28/h1-6,9,12-13H,7-8,10-11,21H2,(H3,22,23,24,25,26,27). The number of morpholine rings is 1. The Morgan fingerprint density at radius 3 is 2.63 bits per heavy atom. The molecule has 3 heterocycles. The number of ether oxygens (including phenoxy) is 1. The molecule has 30 heavy (non-hydrogen) atoms. The summed E-state index contributed by atoms with van der Waals surface area (Å²) in [6, 6.07) is 11.5. The van der Waals surface area contributed by atoms with Crippen LogP contribution in [0.5, 0.6) is 0 Å². The van der Waals surface area contributed by atoms with Gasteiger partial charge in [0.25, 0.3) is 5.95 Å². The van der Waals surface area contributed by atoms with Gasteiger partial charge in [-0.2, -0.15) is 15.0 Å². The van der Waals surface area contributed by atoms with Crippen molar-refractivity contribution in [3.05, 3.63) is 60.8 Å². The number of nitrogens with zero attached hydrogens (tertiary/aromatic N) is 5. The molecule has 2 aromatic heterocycles. The quantitative estimate of drug-likeness (QED) is 0.414. The van der Waals surface area contributed by atoms with E-state index in [4.69, 9.17) is 20.6 Å². The van der Waals surface area contributed by atoms with Crippen LogP contribution in [-0.2, 0) is 4.74 Å². The molecule has 0 saturated carbocycles. The highest BCUT2D eigenvalue weighted by Gasteiger charge is 2.11. The first kappa shape index (κ1) is 19.4. The van der Waals surface area contributed by atoms with E-state index < -0.39 is 0 Å². The molecule has 3 aromatic rings. The number of anilines is 3. The van der Waals surface area contributed by atoms with Crippen LogP contribution < -0.4 is 21.7 Å². The van der Waals surface area contributed by atoms with E-state index in [-0.39, 0.29) is 11.8 Å². The number of hydrogen-bond donors (Lipinski definition) is 3. The van der Waals surface area contributed by atoms with E-state index in [0.29, 0.717) is 17.4 Å². The van der Waals surface area contributed by atoms with Gasteiger partial charge in [0.15, 0.2) is 0 Å². The van der Waals surface area contributed by atoms with Crippen molar-refractivity contribution in [2.75, 3.05) is 36.5 Å². The number of nitrogens with two attached hydrogens (primary N) is 2. The van der Waals surface area contributed by atoms with E-state index >= 15 is 0 Å². The van der Waals surface area contributed by atoms with Crippen molar-refractivity contribution in [1.82, 2.24) is 15.0 Å². The van der Waals surface area contributed by atoms with Crippen LogP contribution in [-0.4, -0.2) is 47.1 Å². The Morgan fingerprint density at radius 1 is 1.10 bits per heavy atom.